The molecule has 0 fully saturated rings. The molecule has 0 bridgehead atoms. The van der Waals surface area contributed by atoms with E-state index >= 15 is 0 Å². The molecule has 0 N–H and O–H groups in total. The van der Waals surface area contributed by atoms with E-state index in [2.05, 4.69) is 9.97 Å². The zero-order valence-electron chi connectivity index (χ0n) is 15.1. The van der Waals surface area contributed by atoms with E-state index in [0.29, 0.717) is 11.4 Å². The van der Waals surface area contributed by atoms with Crippen LogP contribution < -0.4 is 4.90 Å². The SMILES string of the molecule is Cc1ccc(CN(Cc2ccccn2)c2ccc([N+](=O)[O-])cc2[N+](=O)[O-])nc1. The number of anilines is 1. The first-order valence-electron chi connectivity index (χ1n) is 8.43. The Labute approximate surface area is 160 Å². The van der Waals surface area contributed by atoms with Crippen molar-refractivity contribution in [3.63, 3.8) is 0 Å². The fourth-order valence-electron chi connectivity index (χ4n) is 2.74. The van der Waals surface area contributed by atoms with Gasteiger partial charge in [-0.3, -0.25) is 30.2 Å². The van der Waals surface area contributed by atoms with Crippen molar-refractivity contribution >= 4 is 17.1 Å². The van der Waals surface area contributed by atoms with Crippen molar-refractivity contribution < 1.29 is 9.85 Å². The maximum atomic E-state index is 11.6. The highest BCUT2D eigenvalue weighted by Crippen LogP contribution is 2.33. The van der Waals surface area contributed by atoms with Gasteiger partial charge >= 0.3 is 0 Å². The molecule has 142 valence electrons. The van der Waals surface area contributed by atoms with Crippen LogP contribution in [0.3, 0.4) is 0 Å². The van der Waals surface area contributed by atoms with Gasteiger partial charge in [-0.2, -0.15) is 0 Å². The van der Waals surface area contributed by atoms with E-state index in [1.165, 1.54) is 12.1 Å². The quantitative estimate of drug-likeness (QED) is 0.453. The van der Waals surface area contributed by atoms with Gasteiger partial charge in [0, 0.05) is 18.5 Å². The summed E-state index contributed by atoms with van der Waals surface area (Å²) in [5.74, 6) is 0. The Balaban J connectivity index is 2.03. The molecule has 2 heterocycles. The minimum atomic E-state index is -0.651. The molecule has 0 saturated carbocycles. The second-order valence-corrected chi connectivity index (χ2v) is 6.19. The Morgan fingerprint density at radius 3 is 2.25 bits per heavy atom. The van der Waals surface area contributed by atoms with Gasteiger partial charge in [-0.1, -0.05) is 12.1 Å². The van der Waals surface area contributed by atoms with Crippen LogP contribution >= 0.6 is 0 Å². The van der Waals surface area contributed by atoms with Crippen LogP contribution in [0.4, 0.5) is 17.1 Å². The van der Waals surface area contributed by atoms with E-state index in [4.69, 9.17) is 0 Å². The zero-order valence-corrected chi connectivity index (χ0v) is 15.1. The predicted octanol–water partition coefficient (Wildman–Crippen LogP) is 3.81. The van der Waals surface area contributed by atoms with E-state index in [9.17, 15) is 20.2 Å². The van der Waals surface area contributed by atoms with Gasteiger partial charge in [0.1, 0.15) is 5.69 Å². The zero-order chi connectivity index (χ0) is 20.1. The van der Waals surface area contributed by atoms with Crippen molar-refractivity contribution in [2.45, 2.75) is 20.0 Å². The van der Waals surface area contributed by atoms with E-state index < -0.39 is 9.85 Å². The lowest BCUT2D eigenvalue weighted by Gasteiger charge is -2.24. The second kappa shape index (κ2) is 8.21. The molecule has 0 aliphatic heterocycles. The summed E-state index contributed by atoms with van der Waals surface area (Å²) < 4.78 is 0. The van der Waals surface area contributed by atoms with Crippen molar-refractivity contribution in [3.05, 3.63) is 98.1 Å². The largest absolute Gasteiger partial charge is 0.354 e. The van der Waals surface area contributed by atoms with Crippen molar-refractivity contribution in [3.8, 4) is 0 Å². The number of nitrogens with zero attached hydrogens (tertiary/aromatic N) is 5. The molecular weight excluding hydrogens is 362 g/mol. The van der Waals surface area contributed by atoms with E-state index in [-0.39, 0.29) is 30.2 Å². The first-order valence-corrected chi connectivity index (χ1v) is 8.43. The normalized spacial score (nSPS) is 10.5. The summed E-state index contributed by atoms with van der Waals surface area (Å²) >= 11 is 0. The van der Waals surface area contributed by atoms with Crippen LogP contribution in [0.5, 0.6) is 0 Å². The Morgan fingerprint density at radius 2 is 1.68 bits per heavy atom. The van der Waals surface area contributed by atoms with E-state index in [0.717, 1.165) is 11.6 Å². The molecule has 2 aromatic heterocycles. The van der Waals surface area contributed by atoms with Crippen LogP contribution in [0, 0.1) is 27.2 Å². The highest BCUT2D eigenvalue weighted by molar-refractivity contribution is 5.67. The number of aromatic nitrogens is 2. The van der Waals surface area contributed by atoms with E-state index in [1.54, 1.807) is 23.4 Å². The lowest BCUT2D eigenvalue weighted by atomic mass is 10.2. The molecule has 0 spiro atoms. The van der Waals surface area contributed by atoms with Crippen molar-refractivity contribution in [2.75, 3.05) is 4.90 Å². The van der Waals surface area contributed by atoms with Gasteiger partial charge in [0.05, 0.1) is 40.4 Å². The molecule has 3 aromatic rings. The number of aryl methyl sites for hydroxylation is 1. The van der Waals surface area contributed by atoms with Crippen LogP contribution in [0.2, 0.25) is 0 Å². The molecule has 0 aliphatic rings. The summed E-state index contributed by atoms with van der Waals surface area (Å²) in [6, 6.07) is 12.8. The highest BCUT2D eigenvalue weighted by Gasteiger charge is 2.24. The summed E-state index contributed by atoms with van der Waals surface area (Å²) in [4.78, 5) is 31.7. The average Bonchev–Trinajstić information content (AvgIpc) is 2.69. The lowest BCUT2D eigenvalue weighted by molar-refractivity contribution is -0.393. The molecule has 0 aliphatic carbocycles. The summed E-state index contributed by atoms with van der Waals surface area (Å²) in [6.45, 7) is 2.49. The van der Waals surface area contributed by atoms with Gasteiger partial charge in [-0.15, -0.1) is 0 Å². The van der Waals surface area contributed by atoms with Gasteiger partial charge in [0.15, 0.2) is 0 Å². The van der Waals surface area contributed by atoms with Crippen molar-refractivity contribution in [1.29, 1.82) is 0 Å². The molecule has 28 heavy (non-hydrogen) atoms. The van der Waals surface area contributed by atoms with Gasteiger partial charge < -0.3 is 4.90 Å². The number of hydrogen-bond donors (Lipinski definition) is 0. The molecule has 0 atom stereocenters. The third-order valence-corrected chi connectivity index (χ3v) is 4.11. The molecule has 9 nitrogen and oxygen atoms in total. The number of rotatable bonds is 7. The average molecular weight is 379 g/mol. The van der Waals surface area contributed by atoms with Crippen LogP contribution in [0.25, 0.3) is 0 Å². The van der Waals surface area contributed by atoms with E-state index in [1.807, 2.05) is 31.2 Å². The molecule has 0 unspecified atom stereocenters. The third-order valence-electron chi connectivity index (χ3n) is 4.11. The Hall–Kier alpha value is -3.88. The minimum Gasteiger partial charge on any atom is -0.354 e. The number of nitro groups is 2. The molecule has 0 amide bonds. The molecule has 0 saturated heterocycles. The Kier molecular flexibility index (Phi) is 5.54. The van der Waals surface area contributed by atoms with Gasteiger partial charge in [-0.25, -0.2) is 0 Å². The van der Waals surface area contributed by atoms with Crippen molar-refractivity contribution in [1.82, 2.24) is 9.97 Å². The van der Waals surface area contributed by atoms with Crippen LogP contribution in [0.15, 0.2) is 60.9 Å². The van der Waals surface area contributed by atoms with Crippen LogP contribution in [-0.2, 0) is 13.1 Å². The molecule has 3 rings (SSSR count). The standard InChI is InChI=1S/C19H17N5O4/c1-14-5-6-16(21-11-14)13-22(12-15-4-2-3-9-20-15)18-8-7-17(23(25)26)10-19(18)24(27)28/h2-11H,12-13H2,1H3. The predicted molar refractivity (Wildman–Crippen MR) is 103 cm³/mol. The van der Waals surface area contributed by atoms with Crippen LogP contribution in [0.1, 0.15) is 17.0 Å². The highest BCUT2D eigenvalue weighted by atomic mass is 16.6. The van der Waals surface area contributed by atoms with Gasteiger partial charge in [0.2, 0.25) is 0 Å². The summed E-state index contributed by atoms with van der Waals surface area (Å²) in [5, 5.41) is 22.6. The maximum Gasteiger partial charge on any atom is 0.299 e. The summed E-state index contributed by atoms with van der Waals surface area (Å²) in [6.07, 6.45) is 3.36. The Bertz CT molecular complexity index is 993. The second-order valence-electron chi connectivity index (χ2n) is 6.19. The summed E-state index contributed by atoms with van der Waals surface area (Å²) in [5.41, 5.74) is 2.03. The Morgan fingerprint density at radius 1 is 0.929 bits per heavy atom. The topological polar surface area (TPSA) is 115 Å². The van der Waals surface area contributed by atoms with Gasteiger partial charge in [-0.05, 0) is 36.8 Å². The molecule has 1 aromatic carbocycles. The molecule has 9 heteroatoms. The fraction of sp³-hybridized carbons (Fsp3) is 0.158. The monoisotopic (exact) mass is 379 g/mol. The van der Waals surface area contributed by atoms with Crippen molar-refractivity contribution in [2.24, 2.45) is 0 Å². The third kappa shape index (κ3) is 4.44. The number of pyridine rings is 2. The van der Waals surface area contributed by atoms with Gasteiger partial charge in [0.25, 0.3) is 11.4 Å². The molecule has 0 radical (unpaired) electrons. The van der Waals surface area contributed by atoms with Crippen LogP contribution in [-0.4, -0.2) is 19.8 Å². The minimum absolute atomic E-state index is 0.267. The fourth-order valence-corrected chi connectivity index (χ4v) is 2.74. The smallest absolute Gasteiger partial charge is 0.299 e. The number of benzene rings is 1. The lowest BCUT2D eigenvalue weighted by Crippen LogP contribution is -2.24. The summed E-state index contributed by atoms with van der Waals surface area (Å²) in [7, 11) is 0. The number of nitro benzene ring substituents is 2. The molecular formula is C19H17N5O4. The first kappa shape index (κ1) is 18.9. The maximum absolute atomic E-state index is 11.6. The number of non-ortho nitro benzene ring substituents is 1. The first-order chi connectivity index (χ1) is 13.4. The number of hydrogen-bond acceptors (Lipinski definition) is 7.